The van der Waals surface area contributed by atoms with Crippen molar-refractivity contribution in [3.63, 3.8) is 0 Å². The summed E-state index contributed by atoms with van der Waals surface area (Å²) in [6, 6.07) is 18.1. The molecule has 0 N–H and O–H groups in total. The lowest BCUT2D eigenvalue weighted by Gasteiger charge is -2.11. The molecule has 0 amide bonds. The minimum Gasteiger partial charge on any atom is -0.457 e. The van der Waals surface area contributed by atoms with Crippen LogP contribution in [0.5, 0.6) is 11.5 Å². The molecule has 0 saturated carbocycles. The molecule has 0 saturated heterocycles. The zero-order valence-electron chi connectivity index (χ0n) is 9.77. The summed E-state index contributed by atoms with van der Waals surface area (Å²) in [6.45, 7) is 2.19. The normalized spacial score (nSPS) is 12.1. The van der Waals surface area contributed by atoms with Crippen LogP contribution in [0.2, 0.25) is 0 Å². The van der Waals surface area contributed by atoms with Gasteiger partial charge in [-0.1, -0.05) is 53.2 Å². The first-order valence-electron chi connectivity index (χ1n) is 5.68. The zero-order valence-corrected chi connectivity index (χ0v) is 11.4. The third-order valence-electron chi connectivity index (χ3n) is 2.64. The van der Waals surface area contributed by atoms with Gasteiger partial charge in [0.1, 0.15) is 11.5 Å². The highest BCUT2D eigenvalue weighted by atomic mass is 79.9. The average Bonchev–Trinajstić information content (AvgIpc) is 2.39. The molecule has 1 unspecified atom stereocenters. The summed E-state index contributed by atoms with van der Waals surface area (Å²) in [6.07, 6.45) is 0. The smallest absolute Gasteiger partial charge is 0.127 e. The Morgan fingerprint density at radius 3 is 2.41 bits per heavy atom. The summed E-state index contributed by atoms with van der Waals surface area (Å²) < 4.78 is 5.80. The fourth-order valence-electron chi connectivity index (χ4n) is 1.60. The molecule has 0 bridgehead atoms. The predicted molar refractivity (Wildman–Crippen MR) is 75.2 cm³/mol. The largest absolute Gasteiger partial charge is 0.457 e. The molecule has 0 spiro atoms. The summed E-state index contributed by atoms with van der Waals surface area (Å²) in [4.78, 5) is 0. The van der Waals surface area contributed by atoms with E-state index in [-0.39, 0.29) is 0 Å². The highest BCUT2D eigenvalue weighted by Crippen LogP contribution is 2.25. The molecule has 88 valence electrons. The van der Waals surface area contributed by atoms with Gasteiger partial charge in [-0.25, -0.2) is 0 Å². The summed E-state index contributed by atoms with van der Waals surface area (Å²) in [5.41, 5.74) is 1.29. The van der Waals surface area contributed by atoms with Gasteiger partial charge in [0, 0.05) is 5.33 Å². The fraction of sp³-hybridized carbons (Fsp3) is 0.200. The van der Waals surface area contributed by atoms with Crippen molar-refractivity contribution in [1.82, 2.24) is 0 Å². The molecule has 0 fully saturated rings. The van der Waals surface area contributed by atoms with Gasteiger partial charge >= 0.3 is 0 Å². The third kappa shape index (κ3) is 3.34. The Kier molecular flexibility index (Phi) is 4.21. The van der Waals surface area contributed by atoms with Gasteiger partial charge in [-0.2, -0.15) is 0 Å². The quantitative estimate of drug-likeness (QED) is 0.722. The number of benzene rings is 2. The Labute approximate surface area is 111 Å². The van der Waals surface area contributed by atoms with E-state index in [2.05, 4.69) is 35.0 Å². The van der Waals surface area contributed by atoms with Crippen LogP contribution in [0, 0.1) is 0 Å². The van der Waals surface area contributed by atoms with E-state index in [1.165, 1.54) is 5.56 Å². The third-order valence-corrected chi connectivity index (χ3v) is 3.61. The van der Waals surface area contributed by atoms with Crippen LogP contribution in [0.3, 0.4) is 0 Å². The monoisotopic (exact) mass is 290 g/mol. The van der Waals surface area contributed by atoms with Gasteiger partial charge in [0.15, 0.2) is 0 Å². The topological polar surface area (TPSA) is 9.23 Å². The SMILES string of the molecule is CC(CBr)c1cccc(Oc2ccccc2)c1. The summed E-state index contributed by atoms with van der Waals surface area (Å²) in [5, 5.41) is 0.960. The van der Waals surface area contributed by atoms with Crippen LogP contribution in [0.4, 0.5) is 0 Å². The lowest BCUT2D eigenvalue weighted by Crippen LogP contribution is -1.94. The standard InChI is InChI=1S/C15H15BrO/c1-12(11-16)13-6-5-9-15(10-13)17-14-7-3-2-4-8-14/h2-10,12H,11H2,1H3. The molecule has 1 nitrogen and oxygen atoms in total. The Bertz CT molecular complexity index is 467. The average molecular weight is 291 g/mol. The highest BCUT2D eigenvalue weighted by molar-refractivity contribution is 9.09. The van der Waals surface area contributed by atoms with Crippen molar-refractivity contribution in [2.75, 3.05) is 5.33 Å². The van der Waals surface area contributed by atoms with Gasteiger partial charge in [-0.3, -0.25) is 0 Å². The van der Waals surface area contributed by atoms with Crippen molar-refractivity contribution in [3.8, 4) is 11.5 Å². The van der Waals surface area contributed by atoms with Crippen LogP contribution < -0.4 is 4.74 Å². The summed E-state index contributed by atoms with van der Waals surface area (Å²) in [5.74, 6) is 2.26. The number of ether oxygens (including phenoxy) is 1. The van der Waals surface area contributed by atoms with Crippen molar-refractivity contribution in [2.24, 2.45) is 0 Å². The minimum atomic E-state index is 0.495. The first-order chi connectivity index (χ1) is 8.29. The van der Waals surface area contributed by atoms with Gasteiger partial charge in [0.25, 0.3) is 0 Å². The molecule has 2 rings (SSSR count). The predicted octanol–water partition coefficient (Wildman–Crippen LogP) is 4.98. The van der Waals surface area contributed by atoms with E-state index in [9.17, 15) is 0 Å². The minimum absolute atomic E-state index is 0.495. The van der Waals surface area contributed by atoms with E-state index in [4.69, 9.17) is 4.74 Å². The maximum Gasteiger partial charge on any atom is 0.127 e. The Morgan fingerprint density at radius 1 is 1.00 bits per heavy atom. The lowest BCUT2D eigenvalue weighted by atomic mass is 10.0. The highest BCUT2D eigenvalue weighted by Gasteiger charge is 2.05. The summed E-state index contributed by atoms with van der Waals surface area (Å²) >= 11 is 3.50. The van der Waals surface area contributed by atoms with Crippen LogP contribution in [-0.2, 0) is 0 Å². The van der Waals surface area contributed by atoms with Crippen LogP contribution in [0.15, 0.2) is 54.6 Å². The molecule has 2 heteroatoms. The molecule has 2 aromatic rings. The molecule has 17 heavy (non-hydrogen) atoms. The molecule has 0 aliphatic carbocycles. The molecular weight excluding hydrogens is 276 g/mol. The van der Waals surface area contributed by atoms with Crippen LogP contribution in [0.1, 0.15) is 18.4 Å². The summed E-state index contributed by atoms with van der Waals surface area (Å²) in [7, 11) is 0. The van der Waals surface area contributed by atoms with Crippen molar-refractivity contribution < 1.29 is 4.74 Å². The Hall–Kier alpha value is -1.28. The van der Waals surface area contributed by atoms with Crippen molar-refractivity contribution in [2.45, 2.75) is 12.8 Å². The van der Waals surface area contributed by atoms with Crippen molar-refractivity contribution in [3.05, 3.63) is 60.2 Å². The number of rotatable bonds is 4. The van der Waals surface area contributed by atoms with E-state index in [0.717, 1.165) is 16.8 Å². The van der Waals surface area contributed by atoms with Crippen LogP contribution in [-0.4, -0.2) is 5.33 Å². The van der Waals surface area contributed by atoms with Crippen LogP contribution >= 0.6 is 15.9 Å². The molecular formula is C15H15BrO. The first-order valence-corrected chi connectivity index (χ1v) is 6.80. The molecule has 1 atom stereocenters. The van der Waals surface area contributed by atoms with Gasteiger partial charge in [0.05, 0.1) is 0 Å². The van der Waals surface area contributed by atoms with E-state index in [1.807, 2.05) is 42.5 Å². The van der Waals surface area contributed by atoms with Crippen molar-refractivity contribution >= 4 is 15.9 Å². The van der Waals surface area contributed by atoms with E-state index in [0.29, 0.717) is 5.92 Å². The van der Waals surface area contributed by atoms with E-state index < -0.39 is 0 Å². The van der Waals surface area contributed by atoms with Crippen LogP contribution in [0.25, 0.3) is 0 Å². The maximum atomic E-state index is 5.80. The molecule has 0 aromatic heterocycles. The first kappa shape index (κ1) is 12.2. The molecule has 0 heterocycles. The number of halogens is 1. The second-order valence-electron chi connectivity index (χ2n) is 4.04. The van der Waals surface area contributed by atoms with Gasteiger partial charge < -0.3 is 4.74 Å². The fourth-order valence-corrected chi connectivity index (χ4v) is 1.97. The second-order valence-corrected chi connectivity index (χ2v) is 4.69. The lowest BCUT2D eigenvalue weighted by molar-refractivity contribution is 0.481. The molecule has 0 aliphatic rings. The Balaban J connectivity index is 2.17. The number of hydrogen-bond acceptors (Lipinski definition) is 1. The number of hydrogen-bond donors (Lipinski definition) is 0. The Morgan fingerprint density at radius 2 is 1.71 bits per heavy atom. The zero-order chi connectivity index (χ0) is 12.1. The molecule has 0 aliphatic heterocycles. The van der Waals surface area contributed by atoms with Crippen molar-refractivity contribution in [1.29, 1.82) is 0 Å². The number of alkyl halides is 1. The molecule has 0 radical (unpaired) electrons. The molecule has 2 aromatic carbocycles. The van der Waals surface area contributed by atoms with E-state index in [1.54, 1.807) is 0 Å². The number of para-hydroxylation sites is 1. The van der Waals surface area contributed by atoms with Gasteiger partial charge in [0.2, 0.25) is 0 Å². The second kappa shape index (κ2) is 5.87. The van der Waals surface area contributed by atoms with Gasteiger partial charge in [-0.15, -0.1) is 0 Å². The van der Waals surface area contributed by atoms with Gasteiger partial charge in [-0.05, 0) is 35.7 Å². The maximum absolute atomic E-state index is 5.80. The van der Waals surface area contributed by atoms with E-state index >= 15 is 0 Å².